The maximum Gasteiger partial charge on any atom is 0.305 e. The van der Waals surface area contributed by atoms with E-state index in [0.29, 0.717) is 0 Å². The highest BCUT2D eigenvalue weighted by atomic mass is 32.2. The van der Waals surface area contributed by atoms with Gasteiger partial charge in [0.2, 0.25) is 5.82 Å². The first-order chi connectivity index (χ1) is 8.41. The quantitative estimate of drug-likeness (QED) is 0.636. The van der Waals surface area contributed by atoms with Gasteiger partial charge in [-0.3, -0.25) is 19.1 Å². The van der Waals surface area contributed by atoms with Crippen LogP contribution in [0.1, 0.15) is 10.4 Å². The molecular weight excluding hydrogens is 263 g/mol. The number of hydrogen-bond acceptors (Lipinski definition) is 4. The topological polar surface area (TPSA) is 89.3 Å². The van der Waals surface area contributed by atoms with Crippen LogP contribution in [0.3, 0.4) is 0 Å². The third-order valence-electron chi connectivity index (χ3n) is 2.08. The molecule has 0 aromatic heterocycles. The van der Waals surface area contributed by atoms with Gasteiger partial charge in [0.25, 0.3) is 5.91 Å². The molecule has 1 N–H and O–H groups in total. The number of nitro benzene ring substituents is 1. The van der Waals surface area contributed by atoms with Crippen molar-refractivity contribution in [3.8, 4) is 0 Å². The summed E-state index contributed by atoms with van der Waals surface area (Å²) in [5.74, 6) is -1.27. The van der Waals surface area contributed by atoms with Crippen molar-refractivity contribution in [2.75, 3.05) is 18.6 Å². The molecule has 1 amide bonds. The van der Waals surface area contributed by atoms with E-state index in [-0.39, 0.29) is 17.9 Å². The van der Waals surface area contributed by atoms with Crippen molar-refractivity contribution in [3.63, 3.8) is 0 Å². The van der Waals surface area contributed by atoms with Gasteiger partial charge in [0, 0.05) is 41.0 Å². The van der Waals surface area contributed by atoms with Crippen molar-refractivity contribution < 1.29 is 18.3 Å². The molecule has 0 heterocycles. The van der Waals surface area contributed by atoms with Gasteiger partial charge < -0.3 is 5.32 Å². The van der Waals surface area contributed by atoms with Crippen LogP contribution in [0.15, 0.2) is 18.2 Å². The van der Waals surface area contributed by atoms with Crippen LogP contribution in [0.2, 0.25) is 0 Å². The van der Waals surface area contributed by atoms with Crippen molar-refractivity contribution in [3.05, 3.63) is 39.7 Å². The molecule has 8 heteroatoms. The highest BCUT2D eigenvalue weighted by Gasteiger charge is 2.17. The van der Waals surface area contributed by atoms with Crippen LogP contribution in [0, 0.1) is 15.9 Å². The van der Waals surface area contributed by atoms with E-state index in [1.165, 1.54) is 6.26 Å². The first kappa shape index (κ1) is 14.2. The second kappa shape index (κ2) is 6.20. The van der Waals surface area contributed by atoms with E-state index in [9.17, 15) is 23.5 Å². The lowest BCUT2D eigenvalue weighted by Gasteiger charge is -2.04. The Morgan fingerprint density at radius 3 is 2.78 bits per heavy atom. The lowest BCUT2D eigenvalue weighted by molar-refractivity contribution is -0.387. The number of carbonyl (C=O) groups is 1. The van der Waals surface area contributed by atoms with Gasteiger partial charge in [-0.15, -0.1) is 0 Å². The van der Waals surface area contributed by atoms with Gasteiger partial charge in [0.15, 0.2) is 0 Å². The third kappa shape index (κ3) is 3.88. The standard InChI is InChI=1S/C10H11FN2O4S/c1-18(17)5-4-12-10(14)7-2-3-8(11)9(6-7)13(15)16/h2-3,6H,4-5H2,1H3,(H,12,14). The van der Waals surface area contributed by atoms with Crippen molar-refractivity contribution in [2.45, 2.75) is 0 Å². The molecule has 6 nitrogen and oxygen atoms in total. The Bertz CT molecular complexity index is 507. The highest BCUT2D eigenvalue weighted by Crippen LogP contribution is 2.18. The summed E-state index contributed by atoms with van der Waals surface area (Å²) in [6, 6.07) is 2.89. The molecule has 1 atom stereocenters. The fraction of sp³-hybridized carbons (Fsp3) is 0.300. The van der Waals surface area contributed by atoms with Crippen molar-refractivity contribution in [1.29, 1.82) is 0 Å². The monoisotopic (exact) mass is 274 g/mol. The molecule has 1 aromatic rings. The molecule has 0 saturated heterocycles. The van der Waals surface area contributed by atoms with E-state index in [4.69, 9.17) is 0 Å². The van der Waals surface area contributed by atoms with E-state index >= 15 is 0 Å². The van der Waals surface area contributed by atoms with Crippen LogP contribution in [-0.4, -0.2) is 33.6 Å². The molecule has 18 heavy (non-hydrogen) atoms. The zero-order valence-electron chi connectivity index (χ0n) is 9.51. The summed E-state index contributed by atoms with van der Waals surface area (Å²) in [5.41, 5.74) is -0.758. The fourth-order valence-corrected chi connectivity index (χ4v) is 1.59. The summed E-state index contributed by atoms with van der Waals surface area (Å²) in [4.78, 5) is 21.2. The molecular formula is C10H11FN2O4S. The number of amides is 1. The van der Waals surface area contributed by atoms with Crippen LogP contribution in [-0.2, 0) is 10.8 Å². The first-order valence-corrected chi connectivity index (χ1v) is 6.66. The Balaban J connectivity index is 2.77. The van der Waals surface area contributed by atoms with Crippen molar-refractivity contribution in [1.82, 2.24) is 5.32 Å². The number of halogens is 1. The molecule has 0 spiro atoms. The van der Waals surface area contributed by atoms with Gasteiger partial charge in [0.05, 0.1) is 4.92 Å². The number of benzene rings is 1. The summed E-state index contributed by atoms with van der Waals surface area (Å²) < 4.78 is 23.8. The Morgan fingerprint density at radius 1 is 1.56 bits per heavy atom. The van der Waals surface area contributed by atoms with E-state index in [0.717, 1.165) is 18.2 Å². The van der Waals surface area contributed by atoms with Crippen LogP contribution in [0.5, 0.6) is 0 Å². The Morgan fingerprint density at radius 2 is 2.22 bits per heavy atom. The average molecular weight is 274 g/mol. The van der Waals surface area contributed by atoms with Gasteiger partial charge >= 0.3 is 5.69 Å². The first-order valence-electron chi connectivity index (χ1n) is 4.94. The molecule has 98 valence electrons. The molecule has 0 aliphatic rings. The fourth-order valence-electron chi connectivity index (χ4n) is 1.20. The zero-order valence-corrected chi connectivity index (χ0v) is 10.3. The molecule has 0 bridgehead atoms. The highest BCUT2D eigenvalue weighted by molar-refractivity contribution is 7.84. The summed E-state index contributed by atoms with van der Waals surface area (Å²) in [7, 11) is -1.04. The SMILES string of the molecule is CS(=O)CCNC(=O)c1ccc(F)c([N+](=O)[O-])c1. The zero-order chi connectivity index (χ0) is 13.7. The van der Waals surface area contributed by atoms with Crippen LogP contribution < -0.4 is 5.32 Å². The van der Waals surface area contributed by atoms with Gasteiger partial charge in [-0.1, -0.05) is 0 Å². The van der Waals surface area contributed by atoms with Gasteiger partial charge in [-0.25, -0.2) is 0 Å². The molecule has 0 radical (unpaired) electrons. The van der Waals surface area contributed by atoms with Gasteiger partial charge in [-0.05, 0) is 12.1 Å². The number of rotatable bonds is 5. The summed E-state index contributed by atoms with van der Waals surface area (Å²) in [6.07, 6.45) is 1.49. The second-order valence-electron chi connectivity index (χ2n) is 3.46. The Hall–Kier alpha value is -1.83. The molecule has 0 fully saturated rings. The molecule has 0 aliphatic heterocycles. The second-order valence-corrected chi connectivity index (χ2v) is 5.01. The maximum absolute atomic E-state index is 13.0. The normalized spacial score (nSPS) is 11.9. The summed E-state index contributed by atoms with van der Waals surface area (Å²) >= 11 is 0. The molecule has 1 rings (SSSR count). The number of nitrogens with zero attached hydrogens (tertiary/aromatic N) is 1. The predicted octanol–water partition coefficient (Wildman–Crippen LogP) is 0.842. The number of nitrogens with one attached hydrogen (secondary N) is 1. The van der Waals surface area contributed by atoms with E-state index < -0.39 is 33.1 Å². The van der Waals surface area contributed by atoms with Crippen LogP contribution in [0.4, 0.5) is 10.1 Å². The van der Waals surface area contributed by atoms with E-state index in [1.54, 1.807) is 0 Å². The predicted molar refractivity (Wildman–Crippen MR) is 64.3 cm³/mol. The minimum absolute atomic E-state index is 0.00927. The molecule has 1 aromatic carbocycles. The minimum atomic E-state index is -1.04. The van der Waals surface area contributed by atoms with Crippen LogP contribution in [0.25, 0.3) is 0 Å². The largest absolute Gasteiger partial charge is 0.351 e. The Labute approximate surface area is 105 Å². The lowest BCUT2D eigenvalue weighted by Crippen LogP contribution is -2.27. The third-order valence-corrected chi connectivity index (χ3v) is 2.86. The molecule has 1 unspecified atom stereocenters. The van der Waals surface area contributed by atoms with Gasteiger partial charge in [-0.2, -0.15) is 4.39 Å². The summed E-state index contributed by atoms with van der Waals surface area (Å²) in [6.45, 7) is 0.188. The average Bonchev–Trinajstić information content (AvgIpc) is 2.28. The maximum atomic E-state index is 13.0. The number of carbonyl (C=O) groups excluding carboxylic acids is 1. The Kier molecular flexibility index (Phi) is 4.90. The van der Waals surface area contributed by atoms with E-state index in [2.05, 4.69) is 5.32 Å². The van der Waals surface area contributed by atoms with Crippen LogP contribution >= 0.6 is 0 Å². The van der Waals surface area contributed by atoms with Crippen molar-refractivity contribution in [2.24, 2.45) is 0 Å². The van der Waals surface area contributed by atoms with Gasteiger partial charge in [0.1, 0.15) is 0 Å². The van der Waals surface area contributed by atoms with E-state index in [1.807, 2.05) is 0 Å². The number of hydrogen-bond donors (Lipinski definition) is 1. The minimum Gasteiger partial charge on any atom is -0.351 e. The smallest absolute Gasteiger partial charge is 0.305 e. The molecule has 0 aliphatic carbocycles. The summed E-state index contributed by atoms with van der Waals surface area (Å²) in [5, 5.41) is 12.9. The number of nitro groups is 1. The van der Waals surface area contributed by atoms with Crippen molar-refractivity contribution >= 4 is 22.4 Å². The lowest BCUT2D eigenvalue weighted by atomic mass is 10.2. The molecule has 0 saturated carbocycles.